The summed E-state index contributed by atoms with van der Waals surface area (Å²) in [5, 5.41) is 0. The van der Waals surface area contributed by atoms with Crippen LogP contribution in [-0.4, -0.2) is 43.7 Å². The zero-order chi connectivity index (χ0) is 11.1. The van der Waals surface area contributed by atoms with Crippen molar-refractivity contribution in [1.29, 1.82) is 0 Å². The molecule has 0 amide bonds. The molecule has 0 spiro atoms. The van der Waals surface area contributed by atoms with Crippen LogP contribution in [0, 0.1) is 5.92 Å². The minimum absolute atomic E-state index is 0.192. The molecule has 0 aromatic rings. The van der Waals surface area contributed by atoms with Gasteiger partial charge in [-0.25, -0.2) is 0 Å². The molecule has 1 unspecified atom stereocenters. The third-order valence-electron chi connectivity index (χ3n) is 2.24. The number of rotatable bonds is 6. The Morgan fingerprint density at radius 1 is 1.43 bits per heavy atom. The fraction of sp³-hybridized carbons (Fsp3) is 0.900. The number of nitrogens with zero attached hydrogens (tertiary/aromatic N) is 1. The van der Waals surface area contributed by atoms with Crippen molar-refractivity contribution in [3.8, 4) is 0 Å². The summed E-state index contributed by atoms with van der Waals surface area (Å²) >= 11 is 0. The Hall–Kier alpha value is -0.610. The molecule has 0 radical (unpaired) electrons. The molecule has 0 saturated heterocycles. The maximum atomic E-state index is 11.1. The van der Waals surface area contributed by atoms with Crippen LogP contribution in [0.5, 0.6) is 0 Å². The highest BCUT2D eigenvalue weighted by Crippen LogP contribution is 2.03. The molecule has 1 atom stereocenters. The maximum absolute atomic E-state index is 11.1. The van der Waals surface area contributed by atoms with Crippen LogP contribution >= 0.6 is 0 Å². The maximum Gasteiger partial charge on any atom is 0.319 e. The van der Waals surface area contributed by atoms with Gasteiger partial charge in [0, 0.05) is 12.6 Å². The summed E-state index contributed by atoms with van der Waals surface area (Å²) in [6.07, 6.45) is 0. The van der Waals surface area contributed by atoms with Crippen molar-refractivity contribution in [2.24, 2.45) is 11.7 Å². The van der Waals surface area contributed by atoms with E-state index in [1.54, 1.807) is 0 Å². The van der Waals surface area contributed by atoms with Crippen LogP contribution in [0.1, 0.15) is 20.8 Å². The van der Waals surface area contributed by atoms with Gasteiger partial charge in [-0.15, -0.1) is 0 Å². The molecule has 0 aliphatic carbocycles. The number of carbonyl (C=O) groups excluding carboxylic acids is 1. The standard InChI is InChI=1S/C10H22N2O2/c1-8(2)12(6-9(3)5-11)7-10(13)14-4/h8-9H,5-7,11H2,1-4H3. The second kappa shape index (κ2) is 6.79. The number of ether oxygens (including phenoxy) is 1. The van der Waals surface area contributed by atoms with Crippen molar-refractivity contribution in [3.63, 3.8) is 0 Å². The van der Waals surface area contributed by atoms with Gasteiger partial charge >= 0.3 is 5.97 Å². The predicted molar refractivity (Wildman–Crippen MR) is 56.9 cm³/mol. The lowest BCUT2D eigenvalue weighted by Crippen LogP contribution is -2.40. The Morgan fingerprint density at radius 2 is 2.00 bits per heavy atom. The van der Waals surface area contributed by atoms with Crippen LogP contribution in [0.2, 0.25) is 0 Å². The summed E-state index contributed by atoms with van der Waals surface area (Å²) in [5.41, 5.74) is 5.54. The van der Waals surface area contributed by atoms with Crippen LogP contribution in [0.3, 0.4) is 0 Å². The van der Waals surface area contributed by atoms with Gasteiger partial charge in [0.15, 0.2) is 0 Å². The van der Waals surface area contributed by atoms with Crippen LogP contribution < -0.4 is 5.73 Å². The summed E-state index contributed by atoms with van der Waals surface area (Å²) < 4.78 is 4.63. The Morgan fingerprint density at radius 3 is 2.36 bits per heavy atom. The minimum Gasteiger partial charge on any atom is -0.468 e. The van der Waals surface area contributed by atoms with E-state index >= 15 is 0 Å². The van der Waals surface area contributed by atoms with Crippen LogP contribution in [0.4, 0.5) is 0 Å². The third-order valence-corrected chi connectivity index (χ3v) is 2.24. The summed E-state index contributed by atoms with van der Waals surface area (Å²) in [4.78, 5) is 13.2. The second-order valence-electron chi connectivity index (χ2n) is 3.94. The first-order chi connectivity index (χ1) is 6.51. The number of nitrogens with two attached hydrogens (primary N) is 1. The van der Waals surface area contributed by atoms with Gasteiger partial charge < -0.3 is 10.5 Å². The van der Waals surface area contributed by atoms with Gasteiger partial charge in [-0.2, -0.15) is 0 Å². The summed E-state index contributed by atoms with van der Waals surface area (Å²) in [7, 11) is 1.41. The molecule has 84 valence electrons. The van der Waals surface area contributed by atoms with Gasteiger partial charge in [0.05, 0.1) is 13.7 Å². The molecule has 0 aromatic heterocycles. The van der Waals surface area contributed by atoms with Crippen molar-refractivity contribution >= 4 is 5.97 Å². The molecular formula is C10H22N2O2. The lowest BCUT2D eigenvalue weighted by atomic mass is 10.1. The molecule has 14 heavy (non-hydrogen) atoms. The molecule has 0 aliphatic heterocycles. The van der Waals surface area contributed by atoms with Gasteiger partial charge in [-0.1, -0.05) is 6.92 Å². The summed E-state index contributed by atoms with van der Waals surface area (Å²) in [6.45, 7) is 8.02. The topological polar surface area (TPSA) is 55.6 Å². The highest BCUT2D eigenvalue weighted by Gasteiger charge is 2.16. The van der Waals surface area contributed by atoms with Gasteiger partial charge in [0.2, 0.25) is 0 Å². The predicted octanol–water partition coefficient (Wildman–Crippen LogP) is 0.465. The number of methoxy groups -OCH3 is 1. The smallest absolute Gasteiger partial charge is 0.319 e. The molecule has 0 heterocycles. The Bertz CT molecular complexity index is 172. The molecule has 0 saturated carbocycles. The summed E-state index contributed by atoms with van der Waals surface area (Å²) in [5.74, 6) is 0.213. The van der Waals surface area contributed by atoms with Crippen molar-refractivity contribution in [3.05, 3.63) is 0 Å². The van der Waals surface area contributed by atoms with Crippen molar-refractivity contribution in [2.75, 3.05) is 26.7 Å². The summed E-state index contributed by atoms with van der Waals surface area (Å²) in [6, 6.07) is 0.336. The molecular weight excluding hydrogens is 180 g/mol. The fourth-order valence-corrected chi connectivity index (χ4v) is 1.16. The van der Waals surface area contributed by atoms with Crippen molar-refractivity contribution in [1.82, 2.24) is 4.90 Å². The lowest BCUT2D eigenvalue weighted by Gasteiger charge is -2.27. The fourth-order valence-electron chi connectivity index (χ4n) is 1.16. The van der Waals surface area contributed by atoms with E-state index in [1.807, 2.05) is 0 Å². The van der Waals surface area contributed by atoms with Crippen molar-refractivity contribution < 1.29 is 9.53 Å². The molecule has 0 bridgehead atoms. The largest absolute Gasteiger partial charge is 0.468 e. The van der Waals surface area contributed by atoms with E-state index < -0.39 is 0 Å². The molecule has 4 nitrogen and oxygen atoms in total. The normalized spacial score (nSPS) is 13.4. The monoisotopic (exact) mass is 202 g/mol. The number of hydrogen-bond acceptors (Lipinski definition) is 4. The molecule has 0 fully saturated rings. The number of esters is 1. The molecule has 0 aliphatic rings. The molecule has 4 heteroatoms. The Labute approximate surface area is 86.4 Å². The average molecular weight is 202 g/mol. The van der Waals surface area contributed by atoms with Gasteiger partial charge in [-0.05, 0) is 26.3 Å². The van der Waals surface area contributed by atoms with E-state index in [2.05, 4.69) is 30.4 Å². The minimum atomic E-state index is -0.192. The van der Waals surface area contributed by atoms with E-state index in [0.717, 1.165) is 6.54 Å². The lowest BCUT2D eigenvalue weighted by molar-refractivity contribution is -0.142. The van der Waals surface area contributed by atoms with E-state index in [0.29, 0.717) is 25.0 Å². The highest BCUT2D eigenvalue weighted by atomic mass is 16.5. The first-order valence-electron chi connectivity index (χ1n) is 5.02. The molecule has 2 N–H and O–H groups in total. The van der Waals surface area contributed by atoms with E-state index in [1.165, 1.54) is 7.11 Å². The molecule has 0 rings (SSSR count). The van der Waals surface area contributed by atoms with Crippen LogP contribution in [0.25, 0.3) is 0 Å². The first-order valence-corrected chi connectivity index (χ1v) is 5.02. The first kappa shape index (κ1) is 13.4. The molecule has 0 aromatic carbocycles. The van der Waals surface area contributed by atoms with Gasteiger partial charge in [-0.3, -0.25) is 9.69 Å². The van der Waals surface area contributed by atoms with Crippen LogP contribution in [-0.2, 0) is 9.53 Å². The van der Waals surface area contributed by atoms with Crippen molar-refractivity contribution in [2.45, 2.75) is 26.8 Å². The Kier molecular flexibility index (Phi) is 6.49. The Balaban J connectivity index is 4.09. The van der Waals surface area contributed by atoms with E-state index in [9.17, 15) is 4.79 Å². The quantitative estimate of drug-likeness (QED) is 0.636. The average Bonchev–Trinajstić information content (AvgIpc) is 2.16. The number of hydrogen-bond donors (Lipinski definition) is 1. The van der Waals surface area contributed by atoms with E-state index in [4.69, 9.17) is 5.73 Å². The van der Waals surface area contributed by atoms with Gasteiger partial charge in [0.1, 0.15) is 0 Å². The van der Waals surface area contributed by atoms with E-state index in [-0.39, 0.29) is 5.97 Å². The zero-order valence-corrected chi connectivity index (χ0v) is 9.62. The third kappa shape index (κ3) is 5.19. The van der Waals surface area contributed by atoms with Crippen LogP contribution in [0.15, 0.2) is 0 Å². The SMILES string of the molecule is COC(=O)CN(CC(C)CN)C(C)C. The second-order valence-corrected chi connectivity index (χ2v) is 3.94. The number of carbonyl (C=O) groups is 1. The zero-order valence-electron chi connectivity index (χ0n) is 9.62. The van der Waals surface area contributed by atoms with Gasteiger partial charge in [0.25, 0.3) is 0 Å². The highest BCUT2D eigenvalue weighted by molar-refractivity contribution is 5.71.